The fourth-order valence-corrected chi connectivity index (χ4v) is 4.37. The summed E-state index contributed by atoms with van der Waals surface area (Å²) in [5.41, 5.74) is 4.00. The van der Waals surface area contributed by atoms with Gasteiger partial charge in [-0.15, -0.1) is 12.4 Å². The van der Waals surface area contributed by atoms with Gasteiger partial charge in [-0.05, 0) is 36.0 Å². The molecular weight excluding hydrogens is 348 g/mol. The van der Waals surface area contributed by atoms with E-state index < -0.39 is 0 Å². The van der Waals surface area contributed by atoms with Crippen molar-refractivity contribution in [3.8, 4) is 0 Å². The van der Waals surface area contributed by atoms with Gasteiger partial charge in [0, 0.05) is 45.3 Å². The van der Waals surface area contributed by atoms with Gasteiger partial charge in [-0.2, -0.15) is 5.10 Å². The van der Waals surface area contributed by atoms with Crippen LogP contribution in [0.2, 0.25) is 0 Å². The third-order valence-electron chi connectivity index (χ3n) is 5.90. The van der Waals surface area contributed by atoms with Gasteiger partial charge in [0.05, 0.1) is 12.1 Å². The highest BCUT2D eigenvalue weighted by molar-refractivity contribution is 5.85. The van der Waals surface area contributed by atoms with Gasteiger partial charge in [0.1, 0.15) is 0 Å². The van der Waals surface area contributed by atoms with Crippen LogP contribution in [0.1, 0.15) is 29.0 Å². The zero-order valence-corrected chi connectivity index (χ0v) is 16.2. The Balaban J connectivity index is 0.00000196. The molecule has 0 saturated carbocycles. The van der Waals surface area contributed by atoms with Crippen molar-refractivity contribution >= 4 is 18.3 Å². The first-order valence-corrected chi connectivity index (χ1v) is 9.16. The number of hydrogen-bond donors (Lipinski definition) is 1. The van der Waals surface area contributed by atoms with Gasteiger partial charge in [0.25, 0.3) is 0 Å². The lowest BCUT2D eigenvalue weighted by molar-refractivity contribution is -0.136. The van der Waals surface area contributed by atoms with Crippen LogP contribution in [-0.2, 0) is 24.7 Å². The van der Waals surface area contributed by atoms with Crippen LogP contribution < -0.4 is 5.32 Å². The van der Waals surface area contributed by atoms with Gasteiger partial charge in [-0.25, -0.2) is 0 Å². The number of hydrogen-bond acceptors (Lipinski definition) is 3. The first kappa shape index (κ1) is 18.9. The lowest BCUT2D eigenvalue weighted by Gasteiger charge is -2.34. The first-order valence-electron chi connectivity index (χ1n) is 9.16. The molecule has 4 rings (SSSR count). The van der Waals surface area contributed by atoms with Crippen LogP contribution in [0, 0.1) is 5.92 Å². The Morgan fingerprint density at radius 2 is 2.04 bits per heavy atom. The minimum Gasteiger partial charge on any atom is -0.342 e. The van der Waals surface area contributed by atoms with Crippen molar-refractivity contribution in [2.45, 2.75) is 31.2 Å². The molecule has 1 saturated heterocycles. The average Bonchev–Trinajstić information content (AvgIpc) is 3.28. The topological polar surface area (TPSA) is 50.2 Å². The Morgan fingerprint density at radius 1 is 1.27 bits per heavy atom. The molecule has 2 aromatic rings. The van der Waals surface area contributed by atoms with E-state index in [9.17, 15) is 4.79 Å². The summed E-state index contributed by atoms with van der Waals surface area (Å²) in [5.74, 6) is 0.495. The third-order valence-corrected chi connectivity index (χ3v) is 5.90. The second-order valence-corrected chi connectivity index (χ2v) is 7.43. The molecule has 1 unspecified atom stereocenters. The maximum absolute atomic E-state index is 13.2. The summed E-state index contributed by atoms with van der Waals surface area (Å²) in [6, 6.07) is 8.93. The smallest absolute Gasteiger partial charge is 0.227 e. The predicted octanol–water partition coefficient (Wildman–Crippen LogP) is 2.16. The van der Waals surface area contributed by atoms with E-state index >= 15 is 0 Å². The van der Waals surface area contributed by atoms with Crippen LogP contribution in [0.15, 0.2) is 36.7 Å². The van der Waals surface area contributed by atoms with Gasteiger partial charge in [0.15, 0.2) is 0 Å². The number of carbonyl (C=O) groups is 1. The summed E-state index contributed by atoms with van der Waals surface area (Å²) in [4.78, 5) is 15.2. The molecule has 1 aromatic heterocycles. The molecule has 1 aromatic carbocycles. The van der Waals surface area contributed by atoms with E-state index in [4.69, 9.17) is 0 Å². The lowest BCUT2D eigenvalue weighted by Crippen LogP contribution is -2.45. The Hall–Kier alpha value is -1.85. The summed E-state index contributed by atoms with van der Waals surface area (Å²) in [7, 11) is 3.91. The molecule has 1 fully saturated rings. The molecule has 26 heavy (non-hydrogen) atoms. The molecule has 1 aliphatic carbocycles. The summed E-state index contributed by atoms with van der Waals surface area (Å²) >= 11 is 0. The minimum atomic E-state index is 0. The van der Waals surface area contributed by atoms with E-state index in [0.29, 0.717) is 6.04 Å². The molecule has 140 valence electrons. The number of amides is 1. The molecule has 2 aliphatic rings. The highest BCUT2D eigenvalue weighted by atomic mass is 35.5. The van der Waals surface area contributed by atoms with E-state index in [1.807, 2.05) is 36.1 Å². The molecule has 0 spiro atoms. The third kappa shape index (κ3) is 3.51. The lowest BCUT2D eigenvalue weighted by atomic mass is 9.85. The van der Waals surface area contributed by atoms with E-state index in [0.717, 1.165) is 37.9 Å². The number of nitrogens with one attached hydrogen (secondary N) is 1. The Labute approximate surface area is 161 Å². The number of likely N-dealkylation sites (N-methyl/N-ethyl adjacent to an activating group) is 1. The Bertz CT molecular complexity index is 775. The maximum atomic E-state index is 13.2. The number of aromatic nitrogens is 2. The molecule has 2 heterocycles. The number of benzene rings is 1. The molecule has 1 amide bonds. The number of halogens is 1. The molecule has 0 bridgehead atoms. The van der Waals surface area contributed by atoms with Gasteiger partial charge in [0.2, 0.25) is 5.91 Å². The normalized spacial score (nSPS) is 24.6. The second kappa shape index (κ2) is 7.80. The predicted molar refractivity (Wildman–Crippen MR) is 105 cm³/mol. The van der Waals surface area contributed by atoms with Crippen molar-refractivity contribution in [2.75, 3.05) is 20.1 Å². The van der Waals surface area contributed by atoms with Crippen LogP contribution in [0.4, 0.5) is 0 Å². The Morgan fingerprint density at radius 3 is 2.77 bits per heavy atom. The summed E-state index contributed by atoms with van der Waals surface area (Å²) in [6.45, 7) is 1.61. The quantitative estimate of drug-likeness (QED) is 0.895. The van der Waals surface area contributed by atoms with Crippen molar-refractivity contribution < 1.29 is 4.79 Å². The molecule has 5 nitrogen and oxygen atoms in total. The first-order chi connectivity index (χ1) is 12.1. The summed E-state index contributed by atoms with van der Waals surface area (Å²) in [5, 5.41) is 7.68. The van der Waals surface area contributed by atoms with Gasteiger partial charge in [-0.1, -0.05) is 24.3 Å². The number of fused-ring (bicyclic) bond motifs is 1. The van der Waals surface area contributed by atoms with Crippen molar-refractivity contribution in [1.82, 2.24) is 20.0 Å². The number of rotatable bonds is 3. The molecule has 1 N–H and O–H groups in total. The van der Waals surface area contributed by atoms with Crippen LogP contribution in [-0.4, -0.2) is 46.8 Å². The SMILES string of the molecule is CN(C(=O)[C@H]1CNC[C@@H]1c1cnn(C)c1)C1CCc2ccccc2C1.Cl. The van der Waals surface area contributed by atoms with Crippen LogP contribution in [0.25, 0.3) is 0 Å². The van der Waals surface area contributed by atoms with Crippen molar-refractivity contribution in [3.05, 3.63) is 53.3 Å². The number of nitrogens with zero attached hydrogens (tertiary/aromatic N) is 3. The van der Waals surface area contributed by atoms with Crippen LogP contribution >= 0.6 is 12.4 Å². The van der Waals surface area contributed by atoms with E-state index in [1.54, 1.807) is 0 Å². The molecule has 0 radical (unpaired) electrons. The van der Waals surface area contributed by atoms with E-state index in [2.05, 4.69) is 34.7 Å². The van der Waals surface area contributed by atoms with Crippen LogP contribution in [0.3, 0.4) is 0 Å². The zero-order valence-electron chi connectivity index (χ0n) is 15.4. The summed E-state index contributed by atoms with van der Waals surface area (Å²) in [6.07, 6.45) is 7.02. The standard InChI is InChI=1S/C20H26N4O.ClH/c1-23-13-16(10-22-23)18-11-21-12-19(18)20(25)24(2)17-8-7-14-5-3-4-6-15(14)9-17;/h3-6,10,13,17-19,21H,7-9,11-12H2,1-2H3;1H/t17?,18-,19+;/m1./s1. The largest absolute Gasteiger partial charge is 0.342 e. The average molecular weight is 375 g/mol. The van der Waals surface area contributed by atoms with Crippen molar-refractivity contribution in [1.29, 1.82) is 0 Å². The fraction of sp³-hybridized carbons (Fsp3) is 0.500. The zero-order chi connectivity index (χ0) is 17.4. The van der Waals surface area contributed by atoms with E-state index in [-0.39, 0.29) is 30.2 Å². The van der Waals surface area contributed by atoms with Crippen LogP contribution in [0.5, 0.6) is 0 Å². The van der Waals surface area contributed by atoms with E-state index in [1.165, 1.54) is 11.1 Å². The second-order valence-electron chi connectivity index (χ2n) is 7.43. The van der Waals surface area contributed by atoms with Gasteiger partial charge in [-0.3, -0.25) is 9.48 Å². The molecule has 1 aliphatic heterocycles. The molecule has 3 atom stereocenters. The minimum absolute atomic E-state index is 0. The molecular formula is C20H27ClN4O. The fourth-order valence-electron chi connectivity index (χ4n) is 4.37. The van der Waals surface area contributed by atoms with Gasteiger partial charge < -0.3 is 10.2 Å². The van der Waals surface area contributed by atoms with Crippen molar-refractivity contribution in [2.24, 2.45) is 13.0 Å². The number of carbonyl (C=O) groups excluding carboxylic acids is 1. The molecule has 6 heteroatoms. The van der Waals surface area contributed by atoms with Crippen molar-refractivity contribution in [3.63, 3.8) is 0 Å². The summed E-state index contributed by atoms with van der Waals surface area (Å²) < 4.78 is 1.82. The highest BCUT2D eigenvalue weighted by Crippen LogP contribution is 2.31. The Kier molecular flexibility index (Phi) is 5.68. The maximum Gasteiger partial charge on any atom is 0.227 e. The monoisotopic (exact) mass is 374 g/mol. The van der Waals surface area contributed by atoms with Gasteiger partial charge >= 0.3 is 0 Å². The number of aryl methyl sites for hydroxylation is 2. The highest BCUT2D eigenvalue weighted by Gasteiger charge is 2.38.